The molecule has 1 saturated heterocycles. The molecule has 1 aliphatic carbocycles. The van der Waals surface area contributed by atoms with Gasteiger partial charge in [-0.25, -0.2) is 4.39 Å². The van der Waals surface area contributed by atoms with Crippen molar-refractivity contribution in [3.63, 3.8) is 0 Å². The Morgan fingerprint density at radius 2 is 2.00 bits per heavy atom. The number of aromatic amines is 1. The van der Waals surface area contributed by atoms with Gasteiger partial charge in [0, 0.05) is 35.5 Å². The fraction of sp³-hybridized carbons (Fsp3) is 0.600. The molecule has 0 bridgehead atoms. The van der Waals surface area contributed by atoms with Crippen molar-refractivity contribution in [1.82, 2.24) is 20.5 Å². The van der Waals surface area contributed by atoms with Crippen LogP contribution < -0.4 is 10.6 Å². The molecule has 28 heavy (non-hydrogen) atoms. The van der Waals surface area contributed by atoms with E-state index in [1.165, 1.54) is 0 Å². The van der Waals surface area contributed by atoms with Gasteiger partial charge in [-0.3, -0.25) is 0 Å². The lowest BCUT2D eigenvalue weighted by atomic mass is 10.1. The number of hydrogen-bond donors (Lipinski definition) is 3. The highest BCUT2D eigenvalue weighted by molar-refractivity contribution is 5.57. The van der Waals surface area contributed by atoms with Gasteiger partial charge in [-0.1, -0.05) is 6.58 Å². The SMILES string of the molecule is C=C(NCc1[nH]c(C)c(/C=C(\C)C(F)(F)F)c1F)N(C1CC1)C1CCCNC1. The summed E-state index contributed by atoms with van der Waals surface area (Å²) in [6.45, 7) is 8.72. The van der Waals surface area contributed by atoms with Gasteiger partial charge < -0.3 is 20.5 Å². The van der Waals surface area contributed by atoms with E-state index in [4.69, 9.17) is 0 Å². The lowest BCUT2D eigenvalue weighted by Crippen LogP contribution is -2.48. The molecule has 1 aromatic heterocycles. The van der Waals surface area contributed by atoms with Crippen molar-refractivity contribution in [3.8, 4) is 0 Å². The maximum atomic E-state index is 14.7. The first-order valence-corrected chi connectivity index (χ1v) is 9.72. The van der Waals surface area contributed by atoms with E-state index in [0.29, 0.717) is 17.8 Å². The summed E-state index contributed by atoms with van der Waals surface area (Å²) in [4.78, 5) is 5.15. The summed E-state index contributed by atoms with van der Waals surface area (Å²) in [6, 6.07) is 0.831. The molecule has 4 nitrogen and oxygen atoms in total. The molecular weight excluding hydrogens is 372 g/mol. The molecule has 1 aromatic rings. The molecule has 3 rings (SSSR count). The summed E-state index contributed by atoms with van der Waals surface area (Å²) in [5, 5.41) is 6.57. The van der Waals surface area contributed by atoms with Crippen LogP contribution in [-0.2, 0) is 6.54 Å². The molecule has 2 aliphatic rings. The molecule has 0 radical (unpaired) electrons. The summed E-state index contributed by atoms with van der Waals surface area (Å²) >= 11 is 0. The molecule has 0 amide bonds. The van der Waals surface area contributed by atoms with Crippen LogP contribution in [0.2, 0.25) is 0 Å². The topological polar surface area (TPSA) is 43.1 Å². The number of halogens is 4. The highest BCUT2D eigenvalue weighted by Gasteiger charge is 2.35. The monoisotopic (exact) mass is 400 g/mol. The van der Waals surface area contributed by atoms with E-state index in [0.717, 1.165) is 57.6 Å². The second kappa shape index (κ2) is 8.19. The molecule has 8 heteroatoms. The van der Waals surface area contributed by atoms with Crippen LogP contribution in [0, 0.1) is 12.7 Å². The largest absolute Gasteiger partial charge is 0.412 e. The Balaban J connectivity index is 1.68. The van der Waals surface area contributed by atoms with Gasteiger partial charge in [0.05, 0.1) is 18.1 Å². The number of nitrogens with zero attached hydrogens (tertiary/aromatic N) is 1. The number of rotatable bonds is 7. The zero-order valence-corrected chi connectivity index (χ0v) is 16.3. The lowest BCUT2D eigenvalue weighted by Gasteiger charge is -2.38. The van der Waals surface area contributed by atoms with Gasteiger partial charge in [-0.05, 0) is 52.2 Å². The third kappa shape index (κ3) is 4.71. The third-order valence-electron chi connectivity index (χ3n) is 5.44. The Kier molecular flexibility index (Phi) is 6.07. The van der Waals surface area contributed by atoms with Crippen LogP contribution in [0.25, 0.3) is 6.08 Å². The van der Waals surface area contributed by atoms with Crippen LogP contribution >= 0.6 is 0 Å². The molecule has 2 heterocycles. The van der Waals surface area contributed by atoms with Gasteiger partial charge in [-0.2, -0.15) is 13.2 Å². The molecule has 1 aliphatic heterocycles. The predicted octanol–water partition coefficient (Wildman–Crippen LogP) is 4.21. The summed E-state index contributed by atoms with van der Waals surface area (Å²) in [7, 11) is 0. The molecule has 0 aromatic carbocycles. The number of hydrogen-bond acceptors (Lipinski definition) is 3. The highest BCUT2D eigenvalue weighted by Crippen LogP contribution is 2.33. The summed E-state index contributed by atoms with van der Waals surface area (Å²) < 4.78 is 53.0. The summed E-state index contributed by atoms with van der Waals surface area (Å²) in [6.07, 6.45) is 0.828. The van der Waals surface area contributed by atoms with Gasteiger partial charge in [-0.15, -0.1) is 0 Å². The van der Waals surface area contributed by atoms with E-state index in [-0.39, 0.29) is 17.8 Å². The van der Waals surface area contributed by atoms with Crippen molar-refractivity contribution in [3.05, 3.63) is 40.7 Å². The first-order valence-electron chi connectivity index (χ1n) is 9.72. The van der Waals surface area contributed by atoms with Crippen LogP contribution in [0.15, 0.2) is 18.0 Å². The minimum Gasteiger partial charge on any atom is -0.367 e. The van der Waals surface area contributed by atoms with Crippen LogP contribution in [0.1, 0.15) is 49.6 Å². The van der Waals surface area contributed by atoms with Crippen molar-refractivity contribution in [2.75, 3.05) is 13.1 Å². The Hall–Kier alpha value is -1.96. The van der Waals surface area contributed by atoms with E-state index < -0.39 is 17.6 Å². The molecule has 1 unspecified atom stereocenters. The van der Waals surface area contributed by atoms with Crippen molar-refractivity contribution in [1.29, 1.82) is 0 Å². The normalized spacial score (nSPS) is 20.9. The Bertz CT molecular complexity index is 740. The van der Waals surface area contributed by atoms with Crippen LogP contribution in [-0.4, -0.2) is 41.2 Å². The maximum absolute atomic E-state index is 14.7. The van der Waals surface area contributed by atoms with E-state index >= 15 is 0 Å². The van der Waals surface area contributed by atoms with Crippen molar-refractivity contribution >= 4 is 6.08 Å². The molecular formula is C20H28F4N4. The Morgan fingerprint density at radius 1 is 1.29 bits per heavy atom. The van der Waals surface area contributed by atoms with Crippen LogP contribution in [0.5, 0.6) is 0 Å². The average molecular weight is 400 g/mol. The molecule has 3 N–H and O–H groups in total. The number of alkyl halides is 3. The van der Waals surface area contributed by atoms with Gasteiger partial charge in [0.1, 0.15) is 0 Å². The van der Waals surface area contributed by atoms with E-state index in [1.54, 1.807) is 6.92 Å². The average Bonchev–Trinajstić information content (AvgIpc) is 3.43. The van der Waals surface area contributed by atoms with Crippen molar-refractivity contribution < 1.29 is 17.6 Å². The number of nitrogens with one attached hydrogen (secondary N) is 3. The molecule has 1 saturated carbocycles. The predicted molar refractivity (Wildman–Crippen MR) is 102 cm³/mol. The van der Waals surface area contributed by atoms with Crippen molar-refractivity contribution in [2.24, 2.45) is 0 Å². The summed E-state index contributed by atoms with van der Waals surface area (Å²) in [5.74, 6) is 0.0881. The molecule has 2 fully saturated rings. The number of aromatic nitrogens is 1. The summed E-state index contributed by atoms with van der Waals surface area (Å²) in [5.41, 5.74) is -0.272. The van der Waals surface area contributed by atoms with Crippen molar-refractivity contribution in [2.45, 2.75) is 64.3 Å². The number of allylic oxidation sites excluding steroid dienone is 1. The molecule has 156 valence electrons. The minimum absolute atomic E-state index is 0.0484. The first kappa shape index (κ1) is 20.8. The van der Waals surface area contributed by atoms with E-state index in [1.807, 2.05) is 0 Å². The smallest absolute Gasteiger partial charge is 0.367 e. The molecule has 1 atom stereocenters. The standard InChI is InChI=1S/C20H28F4N4/c1-12(20(22,23)24)9-17-13(2)27-18(19(17)21)11-26-14(3)28(15-6-7-15)16-5-4-8-25-10-16/h9,15-16,25-27H,3-8,10-11H2,1-2H3/b12-9+. The van der Waals surface area contributed by atoms with Gasteiger partial charge >= 0.3 is 6.18 Å². The Labute approximate surface area is 163 Å². The number of piperidine rings is 1. The minimum atomic E-state index is -4.47. The number of H-pyrrole nitrogens is 1. The Morgan fingerprint density at radius 3 is 2.57 bits per heavy atom. The second-order valence-corrected chi connectivity index (χ2v) is 7.72. The fourth-order valence-corrected chi connectivity index (χ4v) is 3.71. The molecule has 0 spiro atoms. The quantitative estimate of drug-likeness (QED) is 0.601. The third-order valence-corrected chi connectivity index (χ3v) is 5.44. The van der Waals surface area contributed by atoms with E-state index in [2.05, 4.69) is 27.1 Å². The van der Waals surface area contributed by atoms with Gasteiger partial charge in [0.25, 0.3) is 0 Å². The lowest BCUT2D eigenvalue weighted by molar-refractivity contribution is -0.0903. The zero-order chi connectivity index (χ0) is 20.5. The van der Waals surface area contributed by atoms with Gasteiger partial charge in [0.2, 0.25) is 0 Å². The highest BCUT2D eigenvalue weighted by atomic mass is 19.4. The second-order valence-electron chi connectivity index (χ2n) is 7.72. The van der Waals surface area contributed by atoms with Crippen LogP contribution in [0.3, 0.4) is 0 Å². The maximum Gasteiger partial charge on any atom is 0.412 e. The first-order chi connectivity index (χ1) is 13.2. The van der Waals surface area contributed by atoms with Gasteiger partial charge in [0.15, 0.2) is 5.82 Å². The zero-order valence-electron chi connectivity index (χ0n) is 16.3. The van der Waals surface area contributed by atoms with Crippen LogP contribution in [0.4, 0.5) is 17.6 Å². The van der Waals surface area contributed by atoms with E-state index in [9.17, 15) is 17.6 Å². The fourth-order valence-electron chi connectivity index (χ4n) is 3.71. The number of aryl methyl sites for hydroxylation is 1.